The number of hydrogen-bond donors (Lipinski definition) is 0. The maximum Gasteiger partial charge on any atom is 0.182 e. The lowest BCUT2D eigenvalue weighted by Crippen LogP contribution is -2.70. The van der Waals surface area contributed by atoms with Crippen LogP contribution in [0.4, 0.5) is 0 Å². The molecule has 0 nitrogen and oxygen atoms in total. The summed E-state index contributed by atoms with van der Waals surface area (Å²) in [7, 11) is -2.23. The Hall–Kier alpha value is -2.61. The van der Waals surface area contributed by atoms with Crippen LogP contribution in [-0.2, 0) is 0 Å². The second-order valence-electron chi connectivity index (χ2n) is 7.08. The normalized spacial score (nSPS) is 14.7. The molecule has 0 atom stereocenters. The minimum Gasteiger partial charge on any atom is -0.0843 e. The Labute approximate surface area is 158 Å². The van der Waals surface area contributed by atoms with E-state index in [1.807, 2.05) is 0 Å². The zero-order valence-electron chi connectivity index (χ0n) is 14.0. The van der Waals surface area contributed by atoms with Crippen LogP contribution in [0.5, 0.6) is 0 Å². The molecule has 2 heterocycles. The molecular formula is C24H15ClSi. The highest BCUT2D eigenvalue weighted by atomic mass is 35.5. The number of halogens is 1. The lowest BCUT2D eigenvalue weighted by atomic mass is 10.1. The van der Waals surface area contributed by atoms with E-state index in [0.717, 1.165) is 5.02 Å². The summed E-state index contributed by atoms with van der Waals surface area (Å²) < 4.78 is 0. The molecule has 6 rings (SSSR count). The second-order valence-corrected chi connectivity index (χ2v) is 11.2. The van der Waals surface area contributed by atoms with Gasteiger partial charge in [-0.2, -0.15) is 0 Å². The molecule has 0 unspecified atom stereocenters. The van der Waals surface area contributed by atoms with Gasteiger partial charge >= 0.3 is 0 Å². The molecule has 4 aromatic carbocycles. The molecule has 2 aliphatic rings. The average Bonchev–Trinajstić information content (AvgIpc) is 3.15. The first-order valence-corrected chi connectivity index (χ1v) is 11.3. The van der Waals surface area contributed by atoms with Crippen LogP contribution in [0.3, 0.4) is 0 Å². The van der Waals surface area contributed by atoms with E-state index in [4.69, 9.17) is 11.6 Å². The van der Waals surface area contributed by atoms with Gasteiger partial charge in [-0.15, -0.1) is 0 Å². The van der Waals surface area contributed by atoms with Crippen LogP contribution in [0, 0.1) is 0 Å². The molecule has 1 spiro atoms. The van der Waals surface area contributed by atoms with E-state index < -0.39 is 8.07 Å². The van der Waals surface area contributed by atoms with Gasteiger partial charge in [0.05, 0.1) is 0 Å². The maximum atomic E-state index is 6.40. The van der Waals surface area contributed by atoms with Crippen LogP contribution in [0.25, 0.3) is 22.3 Å². The Morgan fingerprint density at radius 3 is 1.42 bits per heavy atom. The third-order valence-electron chi connectivity index (χ3n) is 5.96. The first-order valence-electron chi connectivity index (χ1n) is 8.91. The monoisotopic (exact) mass is 366 g/mol. The van der Waals surface area contributed by atoms with E-state index in [1.54, 1.807) is 0 Å². The van der Waals surface area contributed by atoms with Gasteiger partial charge in [0.1, 0.15) is 0 Å². The molecule has 0 N–H and O–H groups in total. The molecule has 0 aliphatic carbocycles. The fourth-order valence-corrected chi connectivity index (χ4v) is 10.8. The quantitative estimate of drug-likeness (QED) is 0.360. The van der Waals surface area contributed by atoms with Gasteiger partial charge in [0, 0.05) is 5.02 Å². The van der Waals surface area contributed by atoms with Crippen molar-refractivity contribution in [1.29, 1.82) is 0 Å². The van der Waals surface area contributed by atoms with Crippen molar-refractivity contribution in [3.05, 3.63) is 96.0 Å². The van der Waals surface area contributed by atoms with Crippen LogP contribution in [0.1, 0.15) is 0 Å². The fraction of sp³-hybridized carbons (Fsp3) is 0. The Morgan fingerprint density at radius 2 is 0.885 bits per heavy atom. The zero-order chi connectivity index (χ0) is 17.3. The van der Waals surface area contributed by atoms with Gasteiger partial charge < -0.3 is 0 Å². The molecule has 26 heavy (non-hydrogen) atoms. The average molecular weight is 367 g/mol. The molecule has 2 aliphatic heterocycles. The molecule has 0 aromatic heterocycles. The number of hydrogen-bond acceptors (Lipinski definition) is 0. The van der Waals surface area contributed by atoms with Crippen molar-refractivity contribution in [3.63, 3.8) is 0 Å². The Morgan fingerprint density at radius 1 is 0.462 bits per heavy atom. The van der Waals surface area contributed by atoms with Gasteiger partial charge in [0.15, 0.2) is 8.07 Å². The number of fused-ring (bicyclic) bond motifs is 10. The Kier molecular flexibility index (Phi) is 2.78. The van der Waals surface area contributed by atoms with E-state index in [0.29, 0.717) is 0 Å². The molecule has 122 valence electrons. The molecule has 0 bridgehead atoms. The molecule has 0 amide bonds. The topological polar surface area (TPSA) is 0 Å². The number of rotatable bonds is 0. The van der Waals surface area contributed by atoms with Crippen molar-refractivity contribution < 1.29 is 0 Å². The van der Waals surface area contributed by atoms with E-state index in [1.165, 1.54) is 43.0 Å². The van der Waals surface area contributed by atoms with Crippen LogP contribution in [-0.4, -0.2) is 8.07 Å². The van der Waals surface area contributed by atoms with Gasteiger partial charge in [0.25, 0.3) is 0 Å². The fourth-order valence-electron chi connectivity index (χ4n) is 5.07. The zero-order valence-corrected chi connectivity index (χ0v) is 15.8. The van der Waals surface area contributed by atoms with Crippen LogP contribution in [0.15, 0.2) is 91.0 Å². The van der Waals surface area contributed by atoms with Gasteiger partial charge in [-0.25, -0.2) is 0 Å². The van der Waals surface area contributed by atoms with Crippen molar-refractivity contribution in [2.45, 2.75) is 0 Å². The molecule has 0 saturated heterocycles. The van der Waals surface area contributed by atoms with E-state index in [-0.39, 0.29) is 0 Å². The summed E-state index contributed by atoms with van der Waals surface area (Å²) in [5.74, 6) is 0. The van der Waals surface area contributed by atoms with Crippen LogP contribution in [0.2, 0.25) is 5.02 Å². The highest BCUT2D eigenvalue weighted by Gasteiger charge is 2.53. The second kappa shape index (κ2) is 4.97. The summed E-state index contributed by atoms with van der Waals surface area (Å²) >= 11 is 6.40. The summed E-state index contributed by atoms with van der Waals surface area (Å²) in [6.07, 6.45) is 0. The molecule has 4 aromatic rings. The van der Waals surface area contributed by atoms with Crippen molar-refractivity contribution in [1.82, 2.24) is 0 Å². The van der Waals surface area contributed by atoms with Crippen molar-refractivity contribution in [3.8, 4) is 22.3 Å². The van der Waals surface area contributed by atoms with Gasteiger partial charge in [0.2, 0.25) is 0 Å². The van der Waals surface area contributed by atoms with Crippen LogP contribution < -0.4 is 20.7 Å². The predicted molar refractivity (Wildman–Crippen MR) is 113 cm³/mol. The number of benzene rings is 4. The Balaban J connectivity index is 1.87. The molecule has 0 fully saturated rings. The van der Waals surface area contributed by atoms with E-state index in [2.05, 4.69) is 91.0 Å². The van der Waals surface area contributed by atoms with Crippen molar-refractivity contribution in [2.24, 2.45) is 0 Å². The smallest absolute Gasteiger partial charge is 0.0843 e. The summed E-state index contributed by atoms with van der Waals surface area (Å²) in [6.45, 7) is 0. The first kappa shape index (κ1) is 14.5. The first-order chi connectivity index (χ1) is 12.8. The molecule has 0 radical (unpaired) electrons. The highest BCUT2D eigenvalue weighted by molar-refractivity contribution is 7.24. The van der Waals surface area contributed by atoms with Gasteiger partial charge in [-0.05, 0) is 55.1 Å². The van der Waals surface area contributed by atoms with E-state index >= 15 is 0 Å². The lowest BCUT2D eigenvalue weighted by Gasteiger charge is -2.27. The van der Waals surface area contributed by atoms with Gasteiger partial charge in [-0.1, -0.05) is 90.5 Å². The predicted octanol–water partition coefficient (Wildman–Crippen LogP) is 3.68. The van der Waals surface area contributed by atoms with Crippen molar-refractivity contribution in [2.75, 3.05) is 0 Å². The standard InChI is InChI=1S/C24H15ClSi/c25-16-13-14-24-20(15-16)19-9-3-6-12-23(19)26(24)21-10-4-1-7-17(21)18-8-2-5-11-22(18)26/h1-15H. The lowest BCUT2D eigenvalue weighted by molar-refractivity contribution is 1.71. The summed E-state index contributed by atoms with van der Waals surface area (Å²) in [5.41, 5.74) is 5.45. The largest absolute Gasteiger partial charge is 0.182 e. The third-order valence-corrected chi connectivity index (χ3v) is 11.2. The minimum atomic E-state index is -2.23. The summed E-state index contributed by atoms with van der Waals surface area (Å²) in [5, 5.41) is 6.80. The molecular weight excluding hydrogens is 352 g/mol. The van der Waals surface area contributed by atoms with Gasteiger partial charge in [-0.3, -0.25) is 0 Å². The molecule has 0 saturated carbocycles. The minimum absolute atomic E-state index is 0.809. The third kappa shape index (κ3) is 1.56. The SMILES string of the molecule is Clc1ccc2c(c1)-c1ccccc1[Si]21c2ccccc2-c2ccccc21. The summed E-state index contributed by atoms with van der Waals surface area (Å²) in [6, 6.07) is 33.4. The van der Waals surface area contributed by atoms with E-state index in [9.17, 15) is 0 Å². The van der Waals surface area contributed by atoms with Crippen LogP contribution >= 0.6 is 11.6 Å². The Bertz CT molecular complexity index is 1160. The summed E-state index contributed by atoms with van der Waals surface area (Å²) in [4.78, 5) is 0. The maximum absolute atomic E-state index is 6.40. The molecule has 2 heteroatoms. The van der Waals surface area contributed by atoms with Crippen molar-refractivity contribution >= 4 is 40.4 Å². The highest BCUT2D eigenvalue weighted by Crippen LogP contribution is 2.36.